The molecular formula is C10H20ClN3O2. The van der Waals surface area contributed by atoms with Crippen LogP contribution in [-0.2, 0) is 9.59 Å². The average molecular weight is 250 g/mol. The summed E-state index contributed by atoms with van der Waals surface area (Å²) in [6.45, 7) is 1.65. The first-order chi connectivity index (χ1) is 6.99. The van der Waals surface area contributed by atoms with E-state index in [-0.39, 0.29) is 24.2 Å². The zero-order chi connectivity index (χ0) is 11.5. The van der Waals surface area contributed by atoms with Crippen LogP contribution < -0.4 is 16.4 Å². The predicted octanol–water partition coefficient (Wildman–Crippen LogP) is -0.0696. The number of carbonyl (C=O) groups excluding carboxylic acids is 2. The highest BCUT2D eigenvalue weighted by atomic mass is 35.5. The van der Waals surface area contributed by atoms with Crippen LogP contribution in [0.2, 0.25) is 0 Å². The summed E-state index contributed by atoms with van der Waals surface area (Å²) in [6, 6.07) is -0.525. The molecule has 0 bridgehead atoms. The number of hydrogen-bond acceptors (Lipinski definition) is 3. The molecule has 2 amide bonds. The molecule has 0 spiro atoms. The van der Waals surface area contributed by atoms with E-state index in [9.17, 15) is 9.59 Å². The summed E-state index contributed by atoms with van der Waals surface area (Å²) in [6.07, 6.45) is 3.38. The fraction of sp³-hybridized carbons (Fsp3) is 0.800. The first-order valence-corrected chi connectivity index (χ1v) is 5.31. The first kappa shape index (κ1) is 15.2. The average Bonchev–Trinajstić information content (AvgIpc) is 2.65. The molecule has 1 aliphatic carbocycles. The highest BCUT2D eigenvalue weighted by Crippen LogP contribution is 2.27. The van der Waals surface area contributed by atoms with Gasteiger partial charge in [-0.05, 0) is 19.8 Å². The SMILES string of the molecule is CNC(=O)[C@@H](C)NC(=O)C1(N)CCCC1.Cl. The molecule has 94 valence electrons. The standard InChI is InChI=1S/C10H19N3O2.ClH/c1-7(8(14)12-2)13-9(15)10(11)5-3-4-6-10;/h7H,3-6,11H2,1-2H3,(H,12,14)(H,13,15);1H/t7-;/m1./s1. The van der Waals surface area contributed by atoms with Gasteiger partial charge in [-0.1, -0.05) is 12.8 Å². The van der Waals surface area contributed by atoms with Crippen molar-refractivity contribution in [2.45, 2.75) is 44.2 Å². The molecule has 6 heteroatoms. The van der Waals surface area contributed by atoms with Crippen molar-refractivity contribution < 1.29 is 9.59 Å². The number of hydrogen-bond donors (Lipinski definition) is 3. The molecular weight excluding hydrogens is 230 g/mol. The van der Waals surface area contributed by atoms with Gasteiger partial charge in [0.2, 0.25) is 11.8 Å². The van der Waals surface area contributed by atoms with Crippen LogP contribution in [0.4, 0.5) is 0 Å². The molecule has 1 saturated carbocycles. The van der Waals surface area contributed by atoms with E-state index in [1.54, 1.807) is 14.0 Å². The van der Waals surface area contributed by atoms with Crippen LogP contribution in [0.25, 0.3) is 0 Å². The Morgan fingerprint density at radius 3 is 2.25 bits per heavy atom. The molecule has 0 saturated heterocycles. The molecule has 16 heavy (non-hydrogen) atoms. The van der Waals surface area contributed by atoms with Crippen LogP contribution in [0.1, 0.15) is 32.6 Å². The lowest BCUT2D eigenvalue weighted by atomic mass is 9.98. The largest absolute Gasteiger partial charge is 0.357 e. The second-order valence-electron chi connectivity index (χ2n) is 4.17. The number of likely N-dealkylation sites (N-methyl/N-ethyl adjacent to an activating group) is 1. The van der Waals surface area contributed by atoms with Crippen molar-refractivity contribution >= 4 is 24.2 Å². The summed E-state index contributed by atoms with van der Waals surface area (Å²) in [5.74, 6) is -0.416. The van der Waals surface area contributed by atoms with Gasteiger partial charge in [0.15, 0.2) is 0 Å². The Morgan fingerprint density at radius 2 is 1.81 bits per heavy atom. The molecule has 0 aromatic carbocycles. The molecule has 1 fully saturated rings. The van der Waals surface area contributed by atoms with Gasteiger partial charge in [-0.15, -0.1) is 12.4 Å². The van der Waals surface area contributed by atoms with Crippen LogP contribution in [0.5, 0.6) is 0 Å². The third-order valence-corrected chi connectivity index (χ3v) is 2.94. The lowest BCUT2D eigenvalue weighted by Crippen LogP contribution is -2.56. The molecule has 1 atom stereocenters. The fourth-order valence-electron chi connectivity index (χ4n) is 1.86. The van der Waals surface area contributed by atoms with Gasteiger partial charge >= 0.3 is 0 Å². The summed E-state index contributed by atoms with van der Waals surface area (Å²) >= 11 is 0. The van der Waals surface area contributed by atoms with Crippen molar-refractivity contribution in [1.29, 1.82) is 0 Å². The fourth-order valence-corrected chi connectivity index (χ4v) is 1.86. The smallest absolute Gasteiger partial charge is 0.242 e. The highest BCUT2D eigenvalue weighted by Gasteiger charge is 2.37. The Bertz CT molecular complexity index is 265. The van der Waals surface area contributed by atoms with E-state index < -0.39 is 11.6 Å². The van der Waals surface area contributed by atoms with Gasteiger partial charge in [-0.2, -0.15) is 0 Å². The maximum Gasteiger partial charge on any atom is 0.242 e. The van der Waals surface area contributed by atoms with E-state index in [1.807, 2.05) is 0 Å². The Balaban J connectivity index is 0.00000225. The predicted molar refractivity (Wildman–Crippen MR) is 64.3 cm³/mol. The zero-order valence-electron chi connectivity index (χ0n) is 9.71. The number of nitrogens with two attached hydrogens (primary N) is 1. The van der Waals surface area contributed by atoms with Gasteiger partial charge in [-0.25, -0.2) is 0 Å². The Kier molecular flexibility index (Phi) is 5.75. The molecule has 0 aromatic rings. The minimum Gasteiger partial charge on any atom is -0.357 e. The molecule has 1 rings (SSSR count). The molecule has 0 radical (unpaired) electrons. The lowest BCUT2D eigenvalue weighted by molar-refractivity contribution is -0.131. The van der Waals surface area contributed by atoms with Crippen LogP contribution in [-0.4, -0.2) is 30.4 Å². The van der Waals surface area contributed by atoms with E-state index >= 15 is 0 Å². The summed E-state index contributed by atoms with van der Waals surface area (Å²) in [5.41, 5.74) is 5.19. The zero-order valence-corrected chi connectivity index (χ0v) is 10.5. The maximum atomic E-state index is 11.8. The molecule has 0 unspecified atom stereocenters. The van der Waals surface area contributed by atoms with Crippen molar-refractivity contribution in [3.63, 3.8) is 0 Å². The second-order valence-corrected chi connectivity index (χ2v) is 4.17. The van der Waals surface area contributed by atoms with Gasteiger partial charge in [0.25, 0.3) is 0 Å². The van der Waals surface area contributed by atoms with Gasteiger partial charge in [0, 0.05) is 7.05 Å². The van der Waals surface area contributed by atoms with Crippen molar-refractivity contribution in [3.8, 4) is 0 Å². The third kappa shape index (κ3) is 3.35. The second kappa shape index (κ2) is 6.06. The van der Waals surface area contributed by atoms with Crippen molar-refractivity contribution in [2.24, 2.45) is 5.73 Å². The summed E-state index contributed by atoms with van der Waals surface area (Å²) in [5, 5.41) is 5.12. The van der Waals surface area contributed by atoms with Crippen LogP contribution in [0.3, 0.4) is 0 Å². The minimum atomic E-state index is -0.762. The maximum absolute atomic E-state index is 11.8. The molecule has 0 aromatic heterocycles. The Hall–Kier alpha value is -0.810. The number of amides is 2. The lowest BCUT2D eigenvalue weighted by Gasteiger charge is -2.24. The molecule has 0 aliphatic heterocycles. The summed E-state index contributed by atoms with van der Waals surface area (Å²) in [7, 11) is 1.54. The van der Waals surface area contributed by atoms with Gasteiger partial charge in [0.05, 0.1) is 5.54 Å². The molecule has 5 nitrogen and oxygen atoms in total. The monoisotopic (exact) mass is 249 g/mol. The van der Waals surface area contributed by atoms with Crippen molar-refractivity contribution in [2.75, 3.05) is 7.05 Å². The van der Waals surface area contributed by atoms with E-state index in [0.717, 1.165) is 12.8 Å². The van der Waals surface area contributed by atoms with Crippen LogP contribution in [0.15, 0.2) is 0 Å². The van der Waals surface area contributed by atoms with Gasteiger partial charge in [-0.3, -0.25) is 9.59 Å². The van der Waals surface area contributed by atoms with E-state index in [4.69, 9.17) is 5.73 Å². The Labute approximate surface area is 102 Å². The highest BCUT2D eigenvalue weighted by molar-refractivity contribution is 5.91. The van der Waals surface area contributed by atoms with Crippen molar-refractivity contribution in [1.82, 2.24) is 10.6 Å². The topological polar surface area (TPSA) is 84.2 Å². The number of nitrogens with one attached hydrogen (secondary N) is 2. The third-order valence-electron chi connectivity index (χ3n) is 2.94. The normalized spacial score (nSPS) is 19.4. The van der Waals surface area contributed by atoms with Crippen molar-refractivity contribution in [3.05, 3.63) is 0 Å². The molecule has 4 N–H and O–H groups in total. The molecule has 1 aliphatic rings. The number of carbonyl (C=O) groups is 2. The van der Waals surface area contributed by atoms with Gasteiger partial charge < -0.3 is 16.4 Å². The first-order valence-electron chi connectivity index (χ1n) is 5.31. The van der Waals surface area contributed by atoms with E-state index in [2.05, 4.69) is 10.6 Å². The summed E-state index contributed by atoms with van der Waals surface area (Å²) in [4.78, 5) is 23.0. The number of rotatable bonds is 3. The van der Waals surface area contributed by atoms with E-state index in [1.165, 1.54) is 0 Å². The number of halogens is 1. The minimum absolute atomic E-state index is 0. The van der Waals surface area contributed by atoms with Crippen LogP contribution in [0, 0.1) is 0 Å². The molecule has 0 heterocycles. The summed E-state index contributed by atoms with van der Waals surface area (Å²) < 4.78 is 0. The van der Waals surface area contributed by atoms with Crippen LogP contribution >= 0.6 is 12.4 Å². The van der Waals surface area contributed by atoms with Gasteiger partial charge in [0.1, 0.15) is 6.04 Å². The Morgan fingerprint density at radius 1 is 1.31 bits per heavy atom. The van der Waals surface area contributed by atoms with E-state index in [0.29, 0.717) is 12.8 Å². The quantitative estimate of drug-likeness (QED) is 0.655.